The highest BCUT2D eigenvalue weighted by molar-refractivity contribution is 5.83. The van der Waals surface area contributed by atoms with Crippen molar-refractivity contribution in [1.29, 1.82) is 0 Å². The molecule has 212 valence electrons. The molecule has 1 aromatic carbocycles. The number of hydroxylamine groups is 1. The van der Waals surface area contributed by atoms with Crippen LogP contribution >= 0.6 is 0 Å². The Morgan fingerprint density at radius 1 is 1.05 bits per heavy atom. The third-order valence-corrected chi connectivity index (χ3v) is 6.66. The fourth-order valence-electron chi connectivity index (χ4n) is 4.66. The van der Waals surface area contributed by atoms with Crippen LogP contribution in [0.3, 0.4) is 0 Å². The number of aromatic nitrogens is 5. The molecule has 0 spiro atoms. The zero-order valence-corrected chi connectivity index (χ0v) is 23.1. The fourth-order valence-corrected chi connectivity index (χ4v) is 4.66. The summed E-state index contributed by atoms with van der Waals surface area (Å²) in [6.07, 6.45) is 6.65. The van der Waals surface area contributed by atoms with E-state index in [1.807, 2.05) is 38.5 Å². The number of imidazole rings is 1. The van der Waals surface area contributed by atoms with Crippen molar-refractivity contribution < 1.29 is 18.8 Å². The molecule has 1 amide bonds. The SMILES string of the molecule is Cc1nc2c(F)cc(-c3nc(Nc4ccc(N(C)CCCCCCC(=O)NO)cn4)ncc3F)cc2n1C(C)C. The topological polar surface area (TPSA) is 121 Å². The lowest BCUT2D eigenvalue weighted by atomic mass is 10.1. The van der Waals surface area contributed by atoms with Gasteiger partial charge in [-0.1, -0.05) is 12.8 Å². The van der Waals surface area contributed by atoms with Crippen molar-refractivity contribution in [3.05, 3.63) is 54.1 Å². The largest absolute Gasteiger partial charge is 0.373 e. The number of hydrogen-bond acceptors (Lipinski definition) is 8. The van der Waals surface area contributed by atoms with Gasteiger partial charge >= 0.3 is 0 Å². The van der Waals surface area contributed by atoms with E-state index in [4.69, 9.17) is 5.21 Å². The van der Waals surface area contributed by atoms with E-state index >= 15 is 0 Å². The molecule has 0 aliphatic heterocycles. The van der Waals surface area contributed by atoms with Crippen molar-refractivity contribution in [1.82, 2.24) is 30.0 Å². The lowest BCUT2D eigenvalue weighted by Gasteiger charge is -2.19. The number of pyridine rings is 1. The fraction of sp³-hybridized carbons (Fsp3) is 0.393. The van der Waals surface area contributed by atoms with Crippen LogP contribution in [-0.4, -0.2) is 49.2 Å². The molecule has 3 heterocycles. The predicted molar refractivity (Wildman–Crippen MR) is 150 cm³/mol. The average Bonchev–Trinajstić information content (AvgIpc) is 3.28. The Bertz CT molecular complexity index is 1470. The van der Waals surface area contributed by atoms with Crippen LogP contribution < -0.4 is 15.7 Å². The number of unbranched alkanes of at least 4 members (excludes halogenated alkanes) is 3. The number of rotatable bonds is 12. The van der Waals surface area contributed by atoms with Gasteiger partial charge in [0.2, 0.25) is 11.9 Å². The Kier molecular flexibility index (Phi) is 9.20. The van der Waals surface area contributed by atoms with Crippen LogP contribution in [0.1, 0.15) is 57.8 Å². The van der Waals surface area contributed by atoms with Gasteiger partial charge in [0.25, 0.3) is 0 Å². The summed E-state index contributed by atoms with van der Waals surface area (Å²) in [7, 11) is 1.97. The van der Waals surface area contributed by atoms with Crippen LogP contribution in [0.15, 0.2) is 36.7 Å². The van der Waals surface area contributed by atoms with Crippen LogP contribution in [-0.2, 0) is 4.79 Å². The monoisotopic (exact) mass is 552 g/mol. The Hall–Kier alpha value is -4.19. The van der Waals surface area contributed by atoms with Gasteiger partial charge in [0.1, 0.15) is 22.9 Å². The van der Waals surface area contributed by atoms with Gasteiger partial charge in [-0.2, -0.15) is 0 Å². The zero-order chi connectivity index (χ0) is 28.8. The first-order chi connectivity index (χ1) is 19.2. The molecule has 0 unspecified atom stereocenters. The maximum atomic E-state index is 15.0. The number of halogens is 2. The summed E-state index contributed by atoms with van der Waals surface area (Å²) in [6.45, 7) is 6.59. The van der Waals surface area contributed by atoms with Crippen molar-refractivity contribution >= 4 is 34.4 Å². The minimum absolute atomic E-state index is 0.0270. The van der Waals surface area contributed by atoms with Gasteiger partial charge in [-0.25, -0.2) is 34.2 Å². The minimum Gasteiger partial charge on any atom is -0.373 e. The number of hydrogen-bond donors (Lipinski definition) is 3. The van der Waals surface area contributed by atoms with Gasteiger partial charge in [-0.15, -0.1) is 0 Å². The molecule has 3 aromatic heterocycles. The van der Waals surface area contributed by atoms with Gasteiger partial charge in [0.05, 0.1) is 23.6 Å². The van der Waals surface area contributed by atoms with E-state index in [0.717, 1.165) is 44.1 Å². The van der Waals surface area contributed by atoms with Gasteiger partial charge in [0.15, 0.2) is 11.6 Å². The highest BCUT2D eigenvalue weighted by atomic mass is 19.1. The zero-order valence-electron chi connectivity index (χ0n) is 23.1. The number of nitrogens with one attached hydrogen (secondary N) is 2. The van der Waals surface area contributed by atoms with Crippen molar-refractivity contribution in [2.24, 2.45) is 0 Å². The lowest BCUT2D eigenvalue weighted by Crippen LogP contribution is -2.19. The molecule has 0 saturated heterocycles. The molecule has 40 heavy (non-hydrogen) atoms. The molecule has 3 N–H and O–H groups in total. The smallest absolute Gasteiger partial charge is 0.243 e. The summed E-state index contributed by atoms with van der Waals surface area (Å²) in [5.74, 6) is -0.284. The Labute approximate surface area is 231 Å². The highest BCUT2D eigenvalue weighted by Gasteiger charge is 2.18. The van der Waals surface area contributed by atoms with Crippen molar-refractivity contribution in [3.8, 4) is 11.3 Å². The van der Waals surface area contributed by atoms with Crippen molar-refractivity contribution in [2.75, 3.05) is 23.8 Å². The third kappa shape index (κ3) is 6.68. The molecule has 0 radical (unpaired) electrons. The summed E-state index contributed by atoms with van der Waals surface area (Å²) < 4.78 is 31.7. The number of nitrogens with zero attached hydrogens (tertiary/aromatic N) is 6. The number of aryl methyl sites for hydroxylation is 1. The molecule has 12 heteroatoms. The molecule has 4 aromatic rings. The van der Waals surface area contributed by atoms with Crippen LogP contribution in [0.4, 0.5) is 26.2 Å². The van der Waals surface area contributed by atoms with E-state index in [-0.39, 0.29) is 34.7 Å². The molecule has 0 atom stereocenters. The molecule has 0 saturated carbocycles. The van der Waals surface area contributed by atoms with E-state index < -0.39 is 11.6 Å². The molecule has 0 aliphatic carbocycles. The molecule has 4 rings (SSSR count). The maximum absolute atomic E-state index is 15.0. The predicted octanol–water partition coefficient (Wildman–Crippen LogP) is 5.69. The van der Waals surface area contributed by atoms with Crippen LogP contribution in [0, 0.1) is 18.6 Å². The van der Waals surface area contributed by atoms with Gasteiger partial charge in [0, 0.05) is 31.6 Å². The second-order valence-electron chi connectivity index (χ2n) is 9.99. The summed E-state index contributed by atoms with van der Waals surface area (Å²) in [5.41, 5.74) is 3.64. The highest BCUT2D eigenvalue weighted by Crippen LogP contribution is 2.30. The second kappa shape index (κ2) is 12.8. The Morgan fingerprint density at radius 2 is 1.82 bits per heavy atom. The number of carbonyl (C=O) groups excluding carboxylic acids is 1. The normalized spacial score (nSPS) is 11.3. The first-order valence-corrected chi connectivity index (χ1v) is 13.3. The standard InChI is InChI=1S/C28H34F2N8O2/c1-17(2)38-18(3)33-27-21(29)13-19(14-23(27)38)26-22(30)16-32-28(35-26)34-24-11-10-20(15-31-24)37(4)12-8-6-5-7-9-25(39)36-40/h10-11,13-17,40H,5-9,12H2,1-4H3,(H,36,39)(H,31,32,34,35). The molecular weight excluding hydrogens is 518 g/mol. The second-order valence-corrected chi connectivity index (χ2v) is 9.99. The number of benzene rings is 1. The molecular formula is C28H34F2N8O2. The van der Waals surface area contributed by atoms with Gasteiger partial charge in [-0.05, 0) is 57.9 Å². The third-order valence-electron chi connectivity index (χ3n) is 6.66. The van der Waals surface area contributed by atoms with Crippen LogP contribution in [0.25, 0.3) is 22.3 Å². The lowest BCUT2D eigenvalue weighted by molar-refractivity contribution is -0.129. The summed E-state index contributed by atoms with van der Waals surface area (Å²) in [5, 5.41) is 11.5. The average molecular weight is 553 g/mol. The van der Waals surface area contributed by atoms with E-state index in [1.54, 1.807) is 23.8 Å². The molecule has 0 aliphatic rings. The molecule has 10 nitrogen and oxygen atoms in total. The van der Waals surface area contributed by atoms with Gasteiger partial charge in [-0.3, -0.25) is 10.0 Å². The number of carbonyl (C=O) groups is 1. The quantitative estimate of drug-likeness (QED) is 0.116. The van der Waals surface area contributed by atoms with Crippen LogP contribution in [0.5, 0.6) is 0 Å². The summed E-state index contributed by atoms with van der Waals surface area (Å²) in [4.78, 5) is 30.2. The van der Waals surface area contributed by atoms with E-state index in [0.29, 0.717) is 23.6 Å². The molecule has 0 bridgehead atoms. The van der Waals surface area contributed by atoms with E-state index in [9.17, 15) is 13.6 Å². The van der Waals surface area contributed by atoms with Crippen LogP contribution in [0.2, 0.25) is 0 Å². The summed E-state index contributed by atoms with van der Waals surface area (Å²) in [6, 6.07) is 6.67. The maximum Gasteiger partial charge on any atom is 0.243 e. The Balaban J connectivity index is 1.42. The number of fused-ring (bicyclic) bond motifs is 1. The van der Waals surface area contributed by atoms with Crippen molar-refractivity contribution in [2.45, 2.75) is 58.9 Å². The molecule has 0 fully saturated rings. The van der Waals surface area contributed by atoms with Crippen molar-refractivity contribution in [3.63, 3.8) is 0 Å². The minimum atomic E-state index is -0.668. The van der Waals surface area contributed by atoms with E-state index in [2.05, 4.69) is 30.2 Å². The Morgan fingerprint density at radius 3 is 2.52 bits per heavy atom. The van der Waals surface area contributed by atoms with E-state index in [1.165, 1.54) is 6.07 Å². The van der Waals surface area contributed by atoms with Gasteiger partial charge < -0.3 is 14.8 Å². The number of anilines is 3. The first kappa shape index (κ1) is 28.8. The summed E-state index contributed by atoms with van der Waals surface area (Å²) >= 11 is 0. The number of amides is 1. The first-order valence-electron chi connectivity index (χ1n) is 13.3.